The number of rotatable bonds is 3. The third kappa shape index (κ3) is 1.85. The Kier molecular flexibility index (Phi) is 3.41. The SMILES string of the molecule is CCOC(=O)C1([N+](=O)[O-])C=CC=NC1Cl. The van der Waals surface area contributed by atoms with Gasteiger partial charge < -0.3 is 4.74 Å². The summed E-state index contributed by atoms with van der Waals surface area (Å²) in [6, 6.07) is 0. The van der Waals surface area contributed by atoms with Gasteiger partial charge in [-0.25, -0.2) is 4.79 Å². The van der Waals surface area contributed by atoms with Crippen LogP contribution in [-0.4, -0.2) is 34.8 Å². The van der Waals surface area contributed by atoms with Crippen molar-refractivity contribution in [3.05, 3.63) is 22.3 Å². The lowest BCUT2D eigenvalue weighted by Gasteiger charge is -2.23. The van der Waals surface area contributed by atoms with Gasteiger partial charge in [-0.2, -0.15) is 0 Å². The Hall–Kier alpha value is -1.43. The number of hydrogen-bond acceptors (Lipinski definition) is 5. The second kappa shape index (κ2) is 4.39. The van der Waals surface area contributed by atoms with Gasteiger partial charge in [-0.1, -0.05) is 11.6 Å². The van der Waals surface area contributed by atoms with Gasteiger partial charge in [0.15, 0.2) is 0 Å². The molecule has 0 bridgehead atoms. The number of carbonyl (C=O) groups excluding carboxylic acids is 1. The molecule has 0 saturated carbocycles. The molecule has 2 atom stereocenters. The minimum Gasteiger partial charge on any atom is -0.460 e. The number of hydrogen-bond donors (Lipinski definition) is 0. The van der Waals surface area contributed by atoms with Crippen molar-refractivity contribution in [2.75, 3.05) is 6.61 Å². The number of esters is 1. The van der Waals surface area contributed by atoms with Crippen LogP contribution in [0.3, 0.4) is 0 Å². The first-order valence-corrected chi connectivity index (χ1v) is 4.66. The zero-order valence-electron chi connectivity index (χ0n) is 7.92. The highest BCUT2D eigenvalue weighted by Crippen LogP contribution is 2.27. The maximum Gasteiger partial charge on any atom is 0.392 e. The van der Waals surface area contributed by atoms with Crippen LogP contribution >= 0.6 is 11.6 Å². The number of aliphatic imine (C=N–C) groups is 1. The number of ether oxygens (including phenoxy) is 1. The third-order valence-corrected chi connectivity index (χ3v) is 2.37. The van der Waals surface area contributed by atoms with Gasteiger partial charge in [-0.15, -0.1) is 0 Å². The highest BCUT2D eigenvalue weighted by Gasteiger charge is 2.57. The molecule has 1 aliphatic heterocycles. The van der Waals surface area contributed by atoms with E-state index in [1.165, 1.54) is 12.3 Å². The average molecular weight is 233 g/mol. The Balaban J connectivity index is 3.09. The van der Waals surface area contributed by atoms with E-state index in [1.54, 1.807) is 6.92 Å². The molecule has 0 amide bonds. The van der Waals surface area contributed by atoms with Crippen LogP contribution in [-0.2, 0) is 9.53 Å². The van der Waals surface area contributed by atoms with Crippen molar-refractivity contribution in [3.8, 4) is 0 Å². The second-order valence-corrected chi connectivity index (χ2v) is 3.21. The highest BCUT2D eigenvalue weighted by molar-refractivity contribution is 6.24. The number of halogens is 1. The maximum absolute atomic E-state index is 11.5. The Morgan fingerprint density at radius 1 is 1.80 bits per heavy atom. The monoisotopic (exact) mass is 232 g/mol. The Morgan fingerprint density at radius 2 is 2.47 bits per heavy atom. The van der Waals surface area contributed by atoms with E-state index in [0.29, 0.717) is 0 Å². The van der Waals surface area contributed by atoms with Gasteiger partial charge in [0.25, 0.3) is 0 Å². The van der Waals surface area contributed by atoms with Crippen molar-refractivity contribution in [3.63, 3.8) is 0 Å². The molecule has 0 N–H and O–H groups in total. The molecule has 0 fully saturated rings. The summed E-state index contributed by atoms with van der Waals surface area (Å²) in [5, 5.41) is 10.9. The van der Waals surface area contributed by atoms with Crippen molar-refractivity contribution in [2.45, 2.75) is 18.0 Å². The molecule has 6 nitrogen and oxygen atoms in total. The van der Waals surface area contributed by atoms with Crippen molar-refractivity contribution in [2.24, 2.45) is 4.99 Å². The molecule has 0 aromatic rings. The largest absolute Gasteiger partial charge is 0.460 e. The third-order valence-electron chi connectivity index (χ3n) is 1.92. The lowest BCUT2D eigenvalue weighted by atomic mass is 9.98. The van der Waals surface area contributed by atoms with E-state index in [1.807, 2.05) is 0 Å². The summed E-state index contributed by atoms with van der Waals surface area (Å²) in [5.41, 5.74) is -3.39. The predicted octanol–water partition coefficient (Wildman–Crippen LogP) is 0.770. The van der Waals surface area contributed by atoms with E-state index < -0.39 is 21.9 Å². The van der Waals surface area contributed by atoms with Gasteiger partial charge in [0, 0.05) is 17.2 Å². The minimum absolute atomic E-state index is 0.0512. The quantitative estimate of drug-likeness (QED) is 0.237. The highest BCUT2D eigenvalue weighted by atomic mass is 35.5. The fourth-order valence-electron chi connectivity index (χ4n) is 1.14. The molecule has 0 spiro atoms. The van der Waals surface area contributed by atoms with E-state index in [0.717, 1.165) is 6.08 Å². The summed E-state index contributed by atoms with van der Waals surface area (Å²) in [6.45, 7) is 1.61. The first kappa shape index (κ1) is 11.6. The fraction of sp³-hybridized carbons (Fsp3) is 0.500. The molecule has 2 unspecified atom stereocenters. The summed E-state index contributed by atoms with van der Waals surface area (Å²) in [7, 11) is 0. The van der Waals surface area contributed by atoms with E-state index in [2.05, 4.69) is 9.73 Å². The molecular formula is C8H9ClN2O4. The zero-order valence-corrected chi connectivity index (χ0v) is 8.68. The Labute approximate surface area is 90.7 Å². The molecule has 1 heterocycles. The van der Waals surface area contributed by atoms with Gasteiger partial charge in [0.1, 0.15) is 0 Å². The lowest BCUT2D eigenvalue weighted by Crippen LogP contribution is -2.53. The molecular weight excluding hydrogens is 224 g/mol. The van der Waals surface area contributed by atoms with Gasteiger partial charge in [0.05, 0.1) is 6.61 Å². The number of allylic oxidation sites excluding steroid dienone is 1. The van der Waals surface area contributed by atoms with Crippen LogP contribution in [0.1, 0.15) is 6.92 Å². The first-order chi connectivity index (χ1) is 7.05. The first-order valence-electron chi connectivity index (χ1n) is 4.22. The van der Waals surface area contributed by atoms with Crippen molar-refractivity contribution in [1.82, 2.24) is 0 Å². The molecule has 0 aliphatic carbocycles. The van der Waals surface area contributed by atoms with E-state index in [-0.39, 0.29) is 6.61 Å². The topological polar surface area (TPSA) is 81.8 Å². The summed E-state index contributed by atoms with van der Waals surface area (Å²) in [5.74, 6) is -0.997. The van der Waals surface area contributed by atoms with Gasteiger partial charge in [-0.05, 0) is 13.0 Å². The number of dihydropyridines is 1. The molecule has 15 heavy (non-hydrogen) atoms. The van der Waals surface area contributed by atoms with Gasteiger partial charge in [0.2, 0.25) is 5.50 Å². The smallest absolute Gasteiger partial charge is 0.392 e. The van der Waals surface area contributed by atoms with Crippen LogP contribution in [0, 0.1) is 10.1 Å². The summed E-state index contributed by atoms with van der Waals surface area (Å²) < 4.78 is 4.63. The molecule has 0 saturated heterocycles. The Morgan fingerprint density at radius 3 is 2.93 bits per heavy atom. The summed E-state index contributed by atoms with van der Waals surface area (Å²) in [4.78, 5) is 25.2. The van der Waals surface area contributed by atoms with Gasteiger partial charge >= 0.3 is 11.5 Å². The molecule has 1 aliphatic rings. The van der Waals surface area contributed by atoms with E-state index in [9.17, 15) is 14.9 Å². The van der Waals surface area contributed by atoms with Crippen LogP contribution in [0.2, 0.25) is 0 Å². The standard InChI is InChI=1S/C8H9ClN2O4/c1-2-15-7(12)8(11(13)14)4-3-5-10-6(8)9/h3-6H,2H2,1H3. The fourth-order valence-corrected chi connectivity index (χ4v) is 1.45. The number of alkyl halides is 1. The number of nitrogens with zero attached hydrogens (tertiary/aromatic N) is 2. The molecule has 0 radical (unpaired) electrons. The molecule has 0 aromatic carbocycles. The lowest BCUT2D eigenvalue weighted by molar-refractivity contribution is -0.540. The van der Waals surface area contributed by atoms with Crippen LogP contribution in [0.15, 0.2) is 17.1 Å². The minimum atomic E-state index is -2.10. The van der Waals surface area contributed by atoms with Crippen LogP contribution in [0.25, 0.3) is 0 Å². The normalized spacial score (nSPS) is 28.8. The van der Waals surface area contributed by atoms with Crippen LogP contribution < -0.4 is 0 Å². The number of carbonyl (C=O) groups is 1. The zero-order chi connectivity index (χ0) is 11.5. The molecule has 1 rings (SSSR count). The van der Waals surface area contributed by atoms with Crippen molar-refractivity contribution in [1.29, 1.82) is 0 Å². The van der Waals surface area contributed by atoms with Crippen LogP contribution in [0.4, 0.5) is 0 Å². The second-order valence-electron chi connectivity index (χ2n) is 2.80. The van der Waals surface area contributed by atoms with Gasteiger partial charge in [-0.3, -0.25) is 15.1 Å². The van der Waals surface area contributed by atoms with E-state index in [4.69, 9.17) is 11.6 Å². The maximum atomic E-state index is 11.5. The molecule has 7 heteroatoms. The van der Waals surface area contributed by atoms with Crippen molar-refractivity contribution >= 4 is 23.8 Å². The average Bonchev–Trinajstić information content (AvgIpc) is 2.18. The van der Waals surface area contributed by atoms with Crippen LogP contribution in [0.5, 0.6) is 0 Å². The van der Waals surface area contributed by atoms with E-state index >= 15 is 0 Å². The predicted molar refractivity (Wildman–Crippen MR) is 53.6 cm³/mol. The van der Waals surface area contributed by atoms with Crippen molar-refractivity contribution < 1.29 is 14.5 Å². The summed E-state index contributed by atoms with van der Waals surface area (Å²) >= 11 is 5.67. The summed E-state index contributed by atoms with van der Waals surface area (Å²) in [6.07, 6.45) is 3.70. The Bertz CT molecular complexity index is 342. The molecule has 82 valence electrons. The number of nitro groups is 1. The molecule has 0 aromatic heterocycles.